The Labute approximate surface area is 416 Å². The number of ether oxygens (including phenoxy) is 1. The van der Waals surface area contributed by atoms with Crippen molar-refractivity contribution in [2.24, 2.45) is 0 Å². The van der Waals surface area contributed by atoms with E-state index in [4.69, 9.17) is 13.8 Å². The van der Waals surface area contributed by atoms with Gasteiger partial charge in [-0.3, -0.25) is 18.6 Å². The highest BCUT2D eigenvalue weighted by Crippen LogP contribution is 2.43. The minimum Gasteiger partial charge on any atom is -0.480 e. The number of rotatable bonds is 53. The van der Waals surface area contributed by atoms with E-state index in [1.165, 1.54) is 186 Å². The summed E-state index contributed by atoms with van der Waals surface area (Å²) in [5.74, 6) is -2.36. The lowest BCUT2D eigenvalue weighted by atomic mass is 10.0. The first-order chi connectivity index (χ1) is 33.1. The van der Waals surface area contributed by atoms with Gasteiger partial charge >= 0.3 is 19.8 Å². The molecule has 12 heteroatoms. The molecule has 0 aliphatic heterocycles. The fourth-order valence-corrected chi connectivity index (χ4v) is 8.82. The number of esters is 1. The molecule has 0 fully saturated rings. The standard InChI is InChI=1S/C56H104NO10P/c1-3-5-7-9-11-13-15-17-19-21-23-25-26-28-29-31-33-35-37-39-41-43-45-47-54(59)57-53(56(61)62)51-67-68(63,64)66-50-52(58)49-65-55(60)48-46-44-42-40-38-36-34-32-30-27-24-22-20-18-16-14-12-10-8-6-4-2/h11,13,17-20,52-53,58H,3-10,12,14-16,21-51H2,1-2H3,(H,57,59)(H,61,62)(H,63,64)/b13-11-,19-17-,20-18+. The molecule has 0 saturated carbocycles. The van der Waals surface area contributed by atoms with Crippen LogP contribution in [0, 0.1) is 0 Å². The van der Waals surface area contributed by atoms with Crippen molar-refractivity contribution in [3.05, 3.63) is 36.5 Å². The van der Waals surface area contributed by atoms with Gasteiger partial charge in [-0.15, -0.1) is 0 Å². The number of phosphoric ester groups is 1. The molecule has 0 aliphatic carbocycles. The first-order valence-electron chi connectivity index (χ1n) is 28.0. The first-order valence-corrected chi connectivity index (χ1v) is 29.5. The van der Waals surface area contributed by atoms with Crippen molar-refractivity contribution in [2.45, 2.75) is 283 Å². The molecule has 0 bridgehead atoms. The Bertz CT molecular complexity index is 1290. The van der Waals surface area contributed by atoms with Crippen LogP contribution in [0.15, 0.2) is 36.5 Å². The Hall–Kier alpha value is -2.30. The number of amides is 1. The van der Waals surface area contributed by atoms with E-state index in [1.54, 1.807) is 0 Å². The second-order valence-electron chi connectivity index (χ2n) is 19.1. The summed E-state index contributed by atoms with van der Waals surface area (Å²) in [4.78, 5) is 46.2. The molecule has 0 aromatic carbocycles. The fourth-order valence-electron chi connectivity index (χ4n) is 8.05. The predicted molar refractivity (Wildman–Crippen MR) is 282 cm³/mol. The number of carboxylic acid groups (broad SMARTS) is 1. The Morgan fingerprint density at radius 2 is 0.809 bits per heavy atom. The van der Waals surface area contributed by atoms with Gasteiger partial charge in [-0.05, 0) is 70.6 Å². The second kappa shape index (κ2) is 51.1. The van der Waals surface area contributed by atoms with Crippen LogP contribution in [0.5, 0.6) is 0 Å². The second-order valence-corrected chi connectivity index (χ2v) is 20.6. The van der Waals surface area contributed by atoms with Crippen LogP contribution in [0.3, 0.4) is 0 Å². The van der Waals surface area contributed by atoms with Gasteiger partial charge < -0.3 is 25.2 Å². The van der Waals surface area contributed by atoms with Gasteiger partial charge in [0.05, 0.1) is 13.2 Å². The topological polar surface area (TPSA) is 169 Å². The molecule has 0 spiro atoms. The van der Waals surface area contributed by atoms with Gasteiger partial charge in [0.1, 0.15) is 12.7 Å². The number of aliphatic carboxylic acids is 1. The maximum Gasteiger partial charge on any atom is 0.472 e. The normalized spacial score (nSPS) is 13.7. The van der Waals surface area contributed by atoms with Crippen molar-refractivity contribution < 1.29 is 47.8 Å². The molecule has 0 aromatic heterocycles. The van der Waals surface area contributed by atoms with E-state index < -0.39 is 57.6 Å². The molecule has 0 rings (SSSR count). The molecule has 0 saturated heterocycles. The van der Waals surface area contributed by atoms with Gasteiger partial charge in [0.15, 0.2) is 6.04 Å². The third-order valence-corrected chi connectivity index (χ3v) is 13.4. The summed E-state index contributed by atoms with van der Waals surface area (Å²) in [6.07, 6.45) is 58.8. The zero-order valence-corrected chi connectivity index (χ0v) is 44.6. The molecule has 0 heterocycles. The minimum atomic E-state index is -4.76. The molecule has 0 radical (unpaired) electrons. The van der Waals surface area contributed by atoms with Crippen molar-refractivity contribution in [3.8, 4) is 0 Å². The molecule has 68 heavy (non-hydrogen) atoms. The van der Waals surface area contributed by atoms with Crippen molar-refractivity contribution in [2.75, 3.05) is 19.8 Å². The number of allylic oxidation sites excluding steroid dienone is 6. The first kappa shape index (κ1) is 65.7. The molecular weight excluding hydrogens is 878 g/mol. The molecule has 11 nitrogen and oxygen atoms in total. The molecule has 1 amide bonds. The van der Waals surface area contributed by atoms with E-state index in [2.05, 4.69) is 55.6 Å². The Kier molecular flexibility index (Phi) is 49.3. The van der Waals surface area contributed by atoms with Crippen molar-refractivity contribution in [3.63, 3.8) is 0 Å². The Balaban J connectivity index is 3.77. The monoisotopic (exact) mass is 982 g/mol. The predicted octanol–water partition coefficient (Wildman–Crippen LogP) is 15.9. The largest absolute Gasteiger partial charge is 0.480 e. The van der Waals surface area contributed by atoms with Crippen LogP contribution in [-0.4, -0.2) is 64.9 Å². The summed E-state index contributed by atoms with van der Waals surface area (Å²) in [6, 6.07) is -1.55. The number of hydrogen-bond donors (Lipinski definition) is 4. The molecule has 398 valence electrons. The molecule has 4 N–H and O–H groups in total. The van der Waals surface area contributed by atoms with Crippen molar-refractivity contribution in [1.82, 2.24) is 5.32 Å². The maximum absolute atomic E-state index is 12.4. The lowest BCUT2D eigenvalue weighted by Gasteiger charge is -2.18. The molecule has 0 aromatic rings. The minimum absolute atomic E-state index is 0.146. The summed E-state index contributed by atoms with van der Waals surface area (Å²) >= 11 is 0. The van der Waals surface area contributed by atoms with Crippen LogP contribution in [0.2, 0.25) is 0 Å². The van der Waals surface area contributed by atoms with Crippen LogP contribution < -0.4 is 5.32 Å². The SMILES string of the molecule is CCCCC/C=C\C/C=C\CCCCCCCCCCCCCCCC(=O)NC(COP(=O)(O)OCC(O)COC(=O)CCCCCCCCCCCCC/C=C/CCCCCCCC)C(=O)O. The van der Waals surface area contributed by atoms with E-state index >= 15 is 0 Å². The Morgan fingerprint density at radius 1 is 0.471 bits per heavy atom. The Morgan fingerprint density at radius 3 is 1.24 bits per heavy atom. The molecular formula is C56H104NO10P. The van der Waals surface area contributed by atoms with Gasteiger partial charge in [-0.2, -0.15) is 0 Å². The van der Waals surface area contributed by atoms with Gasteiger partial charge in [-0.25, -0.2) is 9.36 Å². The zero-order chi connectivity index (χ0) is 49.9. The molecule has 0 aliphatic rings. The van der Waals surface area contributed by atoms with Gasteiger partial charge in [0, 0.05) is 12.8 Å². The number of carbonyl (C=O) groups is 3. The van der Waals surface area contributed by atoms with Gasteiger partial charge in [0.25, 0.3) is 0 Å². The summed E-state index contributed by atoms with van der Waals surface area (Å²) in [6.45, 7) is 2.62. The van der Waals surface area contributed by atoms with Crippen LogP contribution in [0.25, 0.3) is 0 Å². The lowest BCUT2D eigenvalue weighted by molar-refractivity contribution is -0.147. The van der Waals surface area contributed by atoms with Crippen LogP contribution in [0.4, 0.5) is 0 Å². The fraction of sp³-hybridized carbons (Fsp3) is 0.839. The summed E-state index contributed by atoms with van der Waals surface area (Å²) in [5, 5.41) is 22.0. The van der Waals surface area contributed by atoms with E-state index in [0.717, 1.165) is 44.9 Å². The van der Waals surface area contributed by atoms with E-state index in [-0.39, 0.29) is 12.8 Å². The smallest absolute Gasteiger partial charge is 0.472 e. The van der Waals surface area contributed by atoms with Crippen LogP contribution >= 0.6 is 7.82 Å². The lowest BCUT2D eigenvalue weighted by Crippen LogP contribution is -2.43. The average molecular weight is 982 g/mol. The number of aliphatic hydroxyl groups is 1. The summed E-state index contributed by atoms with van der Waals surface area (Å²) < 4.78 is 27.0. The van der Waals surface area contributed by atoms with Crippen LogP contribution in [-0.2, 0) is 32.7 Å². The van der Waals surface area contributed by atoms with Crippen molar-refractivity contribution in [1.29, 1.82) is 0 Å². The summed E-state index contributed by atoms with van der Waals surface area (Å²) in [7, 11) is -4.76. The van der Waals surface area contributed by atoms with E-state index in [0.29, 0.717) is 12.8 Å². The number of unbranched alkanes of at least 4 members (excludes halogenated alkanes) is 33. The highest BCUT2D eigenvalue weighted by molar-refractivity contribution is 7.47. The number of carbonyl (C=O) groups excluding carboxylic acids is 2. The maximum atomic E-state index is 12.4. The highest BCUT2D eigenvalue weighted by atomic mass is 31.2. The zero-order valence-electron chi connectivity index (χ0n) is 43.7. The third-order valence-electron chi connectivity index (χ3n) is 12.4. The quantitative estimate of drug-likeness (QED) is 0.0199. The molecule has 3 atom stereocenters. The average Bonchev–Trinajstić information content (AvgIpc) is 3.32. The van der Waals surface area contributed by atoms with Gasteiger partial charge in [-0.1, -0.05) is 224 Å². The van der Waals surface area contributed by atoms with Gasteiger partial charge in [0.2, 0.25) is 5.91 Å². The number of aliphatic hydroxyl groups excluding tert-OH is 1. The van der Waals surface area contributed by atoms with Crippen molar-refractivity contribution >= 4 is 25.7 Å². The van der Waals surface area contributed by atoms with Crippen LogP contribution in [0.1, 0.15) is 271 Å². The third kappa shape index (κ3) is 50.1. The summed E-state index contributed by atoms with van der Waals surface area (Å²) in [5.41, 5.74) is 0. The number of phosphoric acid groups is 1. The van der Waals surface area contributed by atoms with E-state index in [9.17, 15) is 34.1 Å². The number of hydrogen-bond acceptors (Lipinski definition) is 8. The highest BCUT2D eigenvalue weighted by Gasteiger charge is 2.28. The van der Waals surface area contributed by atoms with E-state index in [1.807, 2.05) is 0 Å². The number of carboxylic acids is 1. The molecule has 3 unspecified atom stereocenters. The number of nitrogens with one attached hydrogen (secondary N) is 1.